The van der Waals surface area contributed by atoms with Crippen LogP contribution in [-0.2, 0) is 4.79 Å². The Bertz CT molecular complexity index is 1740. The molecule has 0 radical (unpaired) electrons. The molecule has 0 saturated carbocycles. The van der Waals surface area contributed by atoms with Crippen LogP contribution in [0.15, 0.2) is 67.4 Å². The normalized spacial score (nSPS) is 11.3. The molecule has 9 nitrogen and oxygen atoms in total. The van der Waals surface area contributed by atoms with Crippen LogP contribution in [0.5, 0.6) is 0 Å². The van der Waals surface area contributed by atoms with E-state index in [0.29, 0.717) is 34.7 Å². The maximum Gasteiger partial charge on any atom is 0.224 e. The van der Waals surface area contributed by atoms with E-state index in [1.54, 1.807) is 25.4 Å². The summed E-state index contributed by atoms with van der Waals surface area (Å²) in [5.41, 5.74) is 5.21. The fraction of sp³-hybridized carbons (Fsp3) is 0.0769. The Balaban J connectivity index is 1.47. The van der Waals surface area contributed by atoms with Crippen molar-refractivity contribution in [3.63, 3.8) is 0 Å². The summed E-state index contributed by atoms with van der Waals surface area (Å²) in [6.07, 6.45) is 8.30. The third-order valence-corrected chi connectivity index (χ3v) is 5.89. The van der Waals surface area contributed by atoms with Gasteiger partial charge in [0.05, 0.1) is 40.0 Å². The van der Waals surface area contributed by atoms with Gasteiger partial charge in [0, 0.05) is 36.1 Å². The highest BCUT2D eigenvalue weighted by Crippen LogP contribution is 2.34. The molecule has 0 aliphatic heterocycles. The molecule has 0 fully saturated rings. The van der Waals surface area contributed by atoms with Crippen molar-refractivity contribution >= 4 is 33.5 Å². The smallest absolute Gasteiger partial charge is 0.224 e. The number of H-pyrrole nitrogens is 2. The second kappa shape index (κ2) is 8.66. The summed E-state index contributed by atoms with van der Waals surface area (Å²) in [5.74, 6) is -0.298. The maximum atomic E-state index is 15.9. The Morgan fingerprint density at radius 3 is 2.69 bits per heavy atom. The van der Waals surface area contributed by atoms with E-state index in [1.165, 1.54) is 18.6 Å². The number of carbonyl (C=O) groups is 1. The van der Waals surface area contributed by atoms with Crippen molar-refractivity contribution in [1.82, 2.24) is 35.1 Å². The van der Waals surface area contributed by atoms with Gasteiger partial charge in [-0.2, -0.15) is 5.10 Å². The minimum absolute atomic E-state index is 0.0961. The molecule has 5 aromatic heterocycles. The lowest BCUT2D eigenvalue weighted by Crippen LogP contribution is -2.09. The molecule has 6 aromatic rings. The van der Waals surface area contributed by atoms with Crippen LogP contribution in [0.1, 0.15) is 13.3 Å². The molecule has 0 bridgehead atoms. The molecule has 36 heavy (non-hydrogen) atoms. The number of benzene rings is 1. The van der Waals surface area contributed by atoms with Crippen LogP contribution in [0.2, 0.25) is 0 Å². The number of nitrogens with one attached hydrogen (secondary N) is 3. The number of para-hydroxylation sites is 1. The predicted octanol–water partition coefficient (Wildman–Crippen LogP) is 5.11. The van der Waals surface area contributed by atoms with Crippen LogP contribution in [-0.4, -0.2) is 41.0 Å². The van der Waals surface area contributed by atoms with Crippen LogP contribution in [0.4, 0.5) is 10.1 Å². The summed E-state index contributed by atoms with van der Waals surface area (Å²) in [7, 11) is 0. The van der Waals surface area contributed by atoms with Gasteiger partial charge >= 0.3 is 0 Å². The number of fused-ring (bicyclic) bond motifs is 2. The van der Waals surface area contributed by atoms with Crippen molar-refractivity contribution in [3.8, 4) is 33.9 Å². The summed E-state index contributed by atoms with van der Waals surface area (Å²) < 4.78 is 15.9. The summed E-state index contributed by atoms with van der Waals surface area (Å²) in [5, 5.41) is 10.2. The van der Waals surface area contributed by atoms with Crippen LogP contribution < -0.4 is 5.32 Å². The molecule has 1 aromatic carbocycles. The molecule has 5 heterocycles. The van der Waals surface area contributed by atoms with Gasteiger partial charge in [0.2, 0.25) is 5.91 Å². The van der Waals surface area contributed by atoms with E-state index >= 15 is 4.39 Å². The van der Waals surface area contributed by atoms with E-state index in [-0.39, 0.29) is 17.0 Å². The minimum Gasteiger partial charge on any atom is -0.337 e. The lowest BCUT2D eigenvalue weighted by molar-refractivity contribution is -0.115. The number of pyridine rings is 3. The molecular weight excluding hydrogens is 459 g/mol. The zero-order chi connectivity index (χ0) is 24.6. The van der Waals surface area contributed by atoms with Crippen molar-refractivity contribution in [3.05, 3.63) is 73.2 Å². The number of nitrogens with zero attached hydrogens (tertiary/aromatic N) is 5. The molecule has 10 heteroatoms. The lowest BCUT2D eigenvalue weighted by Gasteiger charge is -2.07. The maximum absolute atomic E-state index is 15.9. The molecule has 0 saturated heterocycles. The predicted molar refractivity (Wildman–Crippen MR) is 134 cm³/mol. The number of halogens is 1. The number of hydrogen-bond acceptors (Lipinski definition) is 6. The van der Waals surface area contributed by atoms with E-state index in [1.807, 2.05) is 30.3 Å². The number of amides is 1. The molecule has 6 rings (SSSR count). The molecule has 0 aliphatic rings. The van der Waals surface area contributed by atoms with Crippen molar-refractivity contribution in [2.75, 3.05) is 5.32 Å². The van der Waals surface area contributed by atoms with Gasteiger partial charge in [-0.15, -0.1) is 0 Å². The lowest BCUT2D eigenvalue weighted by atomic mass is 10.1. The largest absolute Gasteiger partial charge is 0.337 e. The molecular formula is C26H19FN8O. The number of aromatic amines is 2. The fourth-order valence-electron chi connectivity index (χ4n) is 4.14. The Morgan fingerprint density at radius 2 is 1.86 bits per heavy atom. The third kappa shape index (κ3) is 3.65. The molecule has 3 N–H and O–H groups in total. The first-order valence-corrected chi connectivity index (χ1v) is 11.3. The second-order valence-corrected chi connectivity index (χ2v) is 8.17. The molecule has 1 amide bonds. The van der Waals surface area contributed by atoms with Gasteiger partial charge in [-0.25, -0.2) is 9.37 Å². The number of anilines is 1. The summed E-state index contributed by atoms with van der Waals surface area (Å²) >= 11 is 0. The summed E-state index contributed by atoms with van der Waals surface area (Å²) in [6, 6.07) is 11.3. The summed E-state index contributed by atoms with van der Waals surface area (Å²) in [4.78, 5) is 32.3. The Kier molecular flexibility index (Phi) is 5.18. The highest BCUT2D eigenvalue weighted by Gasteiger charge is 2.21. The first-order chi connectivity index (χ1) is 17.6. The second-order valence-electron chi connectivity index (χ2n) is 8.17. The quantitative estimate of drug-likeness (QED) is 0.316. The van der Waals surface area contributed by atoms with Gasteiger partial charge in [0.25, 0.3) is 0 Å². The average Bonchev–Trinajstić information content (AvgIpc) is 3.54. The van der Waals surface area contributed by atoms with Crippen LogP contribution >= 0.6 is 0 Å². The van der Waals surface area contributed by atoms with E-state index in [2.05, 4.69) is 35.5 Å². The van der Waals surface area contributed by atoms with Crippen molar-refractivity contribution in [2.24, 2.45) is 0 Å². The van der Waals surface area contributed by atoms with E-state index in [9.17, 15) is 4.79 Å². The Morgan fingerprint density at radius 1 is 1.00 bits per heavy atom. The van der Waals surface area contributed by atoms with Gasteiger partial charge in [-0.1, -0.05) is 19.1 Å². The van der Waals surface area contributed by atoms with E-state index < -0.39 is 5.82 Å². The van der Waals surface area contributed by atoms with E-state index in [4.69, 9.17) is 4.98 Å². The molecule has 176 valence electrons. The SMILES string of the molecule is CCC(=O)Nc1cncc(-c2ncc3[nH]nc(-c4nc5c(-c6ccncc6)cccc5[nH]4)c3c2F)c1. The number of aromatic nitrogens is 7. The zero-order valence-corrected chi connectivity index (χ0v) is 19.1. The molecule has 0 unspecified atom stereocenters. The number of imidazole rings is 1. The zero-order valence-electron chi connectivity index (χ0n) is 19.1. The van der Waals surface area contributed by atoms with Crippen LogP contribution in [0.3, 0.4) is 0 Å². The average molecular weight is 478 g/mol. The Labute approximate surface area is 203 Å². The number of hydrogen-bond donors (Lipinski definition) is 3. The van der Waals surface area contributed by atoms with Gasteiger partial charge in [-0.3, -0.25) is 24.8 Å². The van der Waals surface area contributed by atoms with Gasteiger partial charge < -0.3 is 10.3 Å². The third-order valence-electron chi connectivity index (χ3n) is 5.89. The number of rotatable bonds is 5. The molecule has 0 atom stereocenters. The van der Waals surface area contributed by atoms with Gasteiger partial charge in [0.1, 0.15) is 11.4 Å². The first kappa shape index (κ1) is 21.5. The standard InChI is InChI=1S/C26H19FN8O/c1-2-20(36)31-16-10-15(11-29-12-16)23-22(27)21-19(13-30-23)34-35-25(21)26-32-18-5-3-4-17(24(18)33-26)14-6-8-28-9-7-14/h3-13H,2H2,1H3,(H,31,36)(H,32,33)(H,34,35). The van der Waals surface area contributed by atoms with Crippen molar-refractivity contribution in [2.45, 2.75) is 13.3 Å². The van der Waals surface area contributed by atoms with Crippen LogP contribution in [0.25, 0.3) is 55.8 Å². The highest BCUT2D eigenvalue weighted by molar-refractivity contribution is 5.98. The number of carbonyl (C=O) groups excluding carboxylic acids is 1. The topological polar surface area (TPSA) is 125 Å². The first-order valence-electron chi connectivity index (χ1n) is 11.3. The van der Waals surface area contributed by atoms with Crippen LogP contribution in [0, 0.1) is 5.82 Å². The molecule has 0 aliphatic carbocycles. The van der Waals surface area contributed by atoms with Gasteiger partial charge in [0.15, 0.2) is 11.6 Å². The van der Waals surface area contributed by atoms with Crippen molar-refractivity contribution in [1.29, 1.82) is 0 Å². The summed E-state index contributed by atoms with van der Waals surface area (Å²) in [6.45, 7) is 1.75. The van der Waals surface area contributed by atoms with Crippen molar-refractivity contribution < 1.29 is 9.18 Å². The Hall–Kier alpha value is -4.99. The van der Waals surface area contributed by atoms with E-state index in [0.717, 1.165) is 22.2 Å². The highest BCUT2D eigenvalue weighted by atomic mass is 19.1. The minimum atomic E-state index is -0.563. The fourth-order valence-corrected chi connectivity index (χ4v) is 4.14. The molecule has 0 spiro atoms. The monoisotopic (exact) mass is 478 g/mol. The van der Waals surface area contributed by atoms with Gasteiger partial charge in [-0.05, 0) is 29.8 Å².